The maximum atomic E-state index is 13.5. The Balaban J connectivity index is 1.33. The molecule has 5 rings (SSSR count). The third-order valence-corrected chi connectivity index (χ3v) is 6.64. The van der Waals surface area contributed by atoms with Crippen LogP contribution in [-0.4, -0.2) is 25.3 Å². The number of benzene rings is 2. The SMILES string of the molecule is Cc1cccc(CCCc2ncc(-c3ccccc3)n(CC(=O)CCc3cc4cnccc4[nH]3)c2=O)c1. The van der Waals surface area contributed by atoms with Crippen LogP contribution in [-0.2, 0) is 30.6 Å². The van der Waals surface area contributed by atoms with Gasteiger partial charge in [-0.15, -0.1) is 0 Å². The van der Waals surface area contributed by atoms with Crippen molar-refractivity contribution in [2.24, 2.45) is 0 Å². The maximum Gasteiger partial charge on any atom is 0.273 e. The summed E-state index contributed by atoms with van der Waals surface area (Å²) in [5, 5.41) is 1.02. The minimum atomic E-state index is -0.185. The first kappa shape index (κ1) is 24.4. The molecule has 0 spiro atoms. The standard InChI is InChI=1S/C31H30N4O2/c1-22-7-5-8-23(17-22)9-6-12-29-31(37)35(30(20-33-29)24-10-3-2-4-11-24)21-27(36)14-13-26-18-25-19-32-16-15-28(25)34-26/h2-5,7-8,10-11,15-20,34H,6,9,12-14,21H2,1H3. The van der Waals surface area contributed by atoms with Gasteiger partial charge >= 0.3 is 0 Å². The Morgan fingerprint density at radius 3 is 2.62 bits per heavy atom. The maximum absolute atomic E-state index is 13.5. The molecule has 5 aromatic rings. The highest BCUT2D eigenvalue weighted by Crippen LogP contribution is 2.19. The number of nitrogens with zero attached hydrogens (tertiary/aromatic N) is 3. The lowest BCUT2D eigenvalue weighted by Crippen LogP contribution is -2.29. The van der Waals surface area contributed by atoms with Gasteiger partial charge in [-0.3, -0.25) is 24.1 Å². The van der Waals surface area contributed by atoms with Crippen molar-refractivity contribution in [2.75, 3.05) is 0 Å². The highest BCUT2D eigenvalue weighted by atomic mass is 16.1. The smallest absolute Gasteiger partial charge is 0.273 e. The van der Waals surface area contributed by atoms with Crippen LogP contribution in [0.5, 0.6) is 0 Å². The average molecular weight is 491 g/mol. The molecule has 0 saturated carbocycles. The van der Waals surface area contributed by atoms with Crippen molar-refractivity contribution in [2.45, 2.75) is 45.6 Å². The number of aromatic amines is 1. The average Bonchev–Trinajstić information content (AvgIpc) is 3.33. The predicted octanol–water partition coefficient (Wildman–Crippen LogP) is 5.47. The Hall–Kier alpha value is -4.32. The Bertz CT molecular complexity index is 1550. The van der Waals surface area contributed by atoms with Crippen LogP contribution in [0, 0.1) is 6.92 Å². The van der Waals surface area contributed by atoms with Crippen LogP contribution in [0.25, 0.3) is 22.2 Å². The van der Waals surface area contributed by atoms with Crippen molar-refractivity contribution in [3.05, 3.63) is 118 Å². The van der Waals surface area contributed by atoms with Crippen molar-refractivity contribution in [1.82, 2.24) is 19.5 Å². The zero-order chi connectivity index (χ0) is 25.6. The predicted molar refractivity (Wildman–Crippen MR) is 147 cm³/mol. The van der Waals surface area contributed by atoms with Gasteiger partial charge in [0.05, 0.1) is 18.4 Å². The van der Waals surface area contributed by atoms with Crippen LogP contribution in [0.15, 0.2) is 90.1 Å². The van der Waals surface area contributed by atoms with E-state index in [1.165, 1.54) is 11.1 Å². The van der Waals surface area contributed by atoms with Gasteiger partial charge < -0.3 is 4.98 Å². The molecule has 37 heavy (non-hydrogen) atoms. The number of carbonyl (C=O) groups is 1. The molecule has 1 N–H and O–H groups in total. The van der Waals surface area contributed by atoms with E-state index in [0.717, 1.165) is 35.0 Å². The number of carbonyl (C=O) groups excluding carboxylic acids is 1. The number of hydrogen-bond donors (Lipinski definition) is 1. The Morgan fingerprint density at radius 2 is 1.81 bits per heavy atom. The van der Waals surface area contributed by atoms with E-state index < -0.39 is 0 Å². The summed E-state index contributed by atoms with van der Waals surface area (Å²) in [7, 11) is 0. The number of Topliss-reactive ketones (excluding diaryl/α,β-unsaturated/α-hetero) is 1. The molecular weight excluding hydrogens is 460 g/mol. The summed E-state index contributed by atoms with van der Waals surface area (Å²) in [6, 6.07) is 22.0. The zero-order valence-corrected chi connectivity index (χ0v) is 21.0. The molecule has 0 amide bonds. The second kappa shape index (κ2) is 11.2. The summed E-state index contributed by atoms with van der Waals surface area (Å²) in [5.41, 5.74) is 6.33. The van der Waals surface area contributed by atoms with Gasteiger partial charge in [-0.1, -0.05) is 60.2 Å². The summed E-state index contributed by atoms with van der Waals surface area (Å²) in [6.45, 7) is 2.11. The number of pyridine rings is 1. The van der Waals surface area contributed by atoms with E-state index in [1.54, 1.807) is 23.2 Å². The zero-order valence-electron chi connectivity index (χ0n) is 21.0. The van der Waals surface area contributed by atoms with E-state index in [9.17, 15) is 9.59 Å². The van der Waals surface area contributed by atoms with Crippen molar-refractivity contribution < 1.29 is 4.79 Å². The minimum Gasteiger partial charge on any atom is -0.358 e. The lowest BCUT2D eigenvalue weighted by molar-refractivity contribution is -0.119. The first-order valence-corrected chi connectivity index (χ1v) is 12.7. The van der Waals surface area contributed by atoms with Crippen LogP contribution in [0.1, 0.15) is 35.4 Å². The van der Waals surface area contributed by atoms with Crippen LogP contribution in [0.4, 0.5) is 0 Å². The molecule has 3 aromatic heterocycles. The van der Waals surface area contributed by atoms with Gasteiger partial charge in [0.25, 0.3) is 5.56 Å². The molecule has 2 aromatic carbocycles. The van der Waals surface area contributed by atoms with Crippen molar-refractivity contribution in [3.8, 4) is 11.3 Å². The van der Waals surface area contributed by atoms with Crippen LogP contribution in [0.3, 0.4) is 0 Å². The number of fused-ring (bicyclic) bond motifs is 1. The molecule has 0 aliphatic carbocycles. The molecular formula is C31H30N4O2. The van der Waals surface area contributed by atoms with Crippen molar-refractivity contribution >= 4 is 16.7 Å². The van der Waals surface area contributed by atoms with Crippen molar-refractivity contribution in [1.29, 1.82) is 0 Å². The largest absolute Gasteiger partial charge is 0.358 e. The monoisotopic (exact) mass is 490 g/mol. The van der Waals surface area contributed by atoms with E-state index in [4.69, 9.17) is 0 Å². The van der Waals surface area contributed by atoms with Crippen LogP contribution in [0.2, 0.25) is 0 Å². The van der Waals surface area contributed by atoms with Gasteiger partial charge in [0.15, 0.2) is 5.78 Å². The minimum absolute atomic E-state index is 0.00738. The van der Waals surface area contributed by atoms with Crippen LogP contribution >= 0.6 is 0 Å². The van der Waals surface area contributed by atoms with Crippen molar-refractivity contribution in [3.63, 3.8) is 0 Å². The Morgan fingerprint density at radius 1 is 0.946 bits per heavy atom. The second-order valence-electron chi connectivity index (χ2n) is 9.49. The molecule has 0 aliphatic heterocycles. The highest BCUT2D eigenvalue weighted by molar-refractivity contribution is 5.81. The lowest BCUT2D eigenvalue weighted by atomic mass is 10.0. The van der Waals surface area contributed by atoms with Gasteiger partial charge in [-0.05, 0) is 55.9 Å². The highest BCUT2D eigenvalue weighted by Gasteiger charge is 2.15. The number of nitrogens with one attached hydrogen (secondary N) is 1. The second-order valence-corrected chi connectivity index (χ2v) is 9.49. The van der Waals surface area contributed by atoms with E-state index in [0.29, 0.717) is 30.7 Å². The summed E-state index contributed by atoms with van der Waals surface area (Å²) in [6.07, 6.45) is 8.47. The van der Waals surface area contributed by atoms with E-state index in [2.05, 4.69) is 46.1 Å². The lowest BCUT2D eigenvalue weighted by Gasteiger charge is -2.14. The molecule has 0 saturated heterocycles. The van der Waals surface area contributed by atoms with Gasteiger partial charge in [-0.25, -0.2) is 0 Å². The number of aromatic nitrogens is 4. The summed E-state index contributed by atoms with van der Waals surface area (Å²) < 4.78 is 1.60. The summed E-state index contributed by atoms with van der Waals surface area (Å²) in [4.78, 5) is 38.6. The molecule has 186 valence electrons. The topological polar surface area (TPSA) is 80.6 Å². The van der Waals surface area contributed by atoms with Gasteiger partial charge in [0.1, 0.15) is 5.69 Å². The third kappa shape index (κ3) is 5.92. The van der Waals surface area contributed by atoms with Gasteiger partial charge in [0.2, 0.25) is 0 Å². The Kier molecular flexibility index (Phi) is 7.36. The number of hydrogen-bond acceptors (Lipinski definition) is 4. The molecule has 0 radical (unpaired) electrons. The normalized spacial score (nSPS) is 11.2. The molecule has 0 bridgehead atoms. The van der Waals surface area contributed by atoms with E-state index in [1.807, 2.05) is 42.5 Å². The fourth-order valence-corrected chi connectivity index (χ4v) is 4.72. The quantitative estimate of drug-likeness (QED) is 0.281. The van der Waals surface area contributed by atoms with E-state index >= 15 is 0 Å². The molecule has 0 aliphatic rings. The van der Waals surface area contributed by atoms with Crippen LogP contribution < -0.4 is 5.56 Å². The molecule has 6 nitrogen and oxygen atoms in total. The summed E-state index contributed by atoms with van der Waals surface area (Å²) >= 11 is 0. The molecule has 0 unspecified atom stereocenters. The third-order valence-electron chi connectivity index (χ3n) is 6.64. The van der Waals surface area contributed by atoms with Gasteiger partial charge in [-0.2, -0.15) is 0 Å². The molecule has 0 fully saturated rings. The fourth-order valence-electron chi connectivity index (χ4n) is 4.72. The first-order valence-electron chi connectivity index (χ1n) is 12.7. The Labute approximate surface area is 216 Å². The number of ketones is 1. The number of rotatable bonds is 10. The summed E-state index contributed by atoms with van der Waals surface area (Å²) in [5.74, 6) is 0.00738. The first-order chi connectivity index (χ1) is 18.1. The number of aryl methyl sites for hydroxylation is 4. The molecule has 3 heterocycles. The van der Waals surface area contributed by atoms with E-state index in [-0.39, 0.29) is 17.9 Å². The molecule has 6 heteroatoms. The fraction of sp³-hybridized carbons (Fsp3) is 0.226. The molecule has 0 atom stereocenters. The van der Waals surface area contributed by atoms with Gasteiger partial charge in [0, 0.05) is 35.4 Å². The number of H-pyrrole nitrogens is 1.